The first-order valence-electron chi connectivity index (χ1n) is 10.3. The van der Waals surface area contributed by atoms with E-state index >= 15 is 0 Å². The van der Waals surface area contributed by atoms with Gasteiger partial charge in [0.05, 0.1) is 24.1 Å². The summed E-state index contributed by atoms with van der Waals surface area (Å²) in [5, 5.41) is 0. The van der Waals surface area contributed by atoms with E-state index < -0.39 is 0 Å². The Morgan fingerprint density at radius 2 is 1.82 bits per heavy atom. The average Bonchev–Trinajstić information content (AvgIpc) is 3.11. The standard InChI is InChI=1S/C23H27N3O2/c1-15-11-19-20(12-16(15)2)25-23(24-19)17-7-9-26(10-8-17)13-18-14-27-21-5-3-4-6-22(21)28-18/h3-6,11-12,17-18H,7-10,13-14H2,1-2H3,(H,24,25)/p+1/t18-/m0/s1. The van der Waals surface area contributed by atoms with Gasteiger partial charge in [-0.25, -0.2) is 4.98 Å². The van der Waals surface area contributed by atoms with Crippen molar-refractivity contribution >= 4 is 11.0 Å². The van der Waals surface area contributed by atoms with Crippen LogP contribution in [0.4, 0.5) is 0 Å². The molecule has 2 aliphatic heterocycles. The van der Waals surface area contributed by atoms with Crippen molar-refractivity contribution < 1.29 is 14.4 Å². The molecule has 5 nitrogen and oxygen atoms in total. The summed E-state index contributed by atoms with van der Waals surface area (Å²) in [6.45, 7) is 8.27. The Morgan fingerprint density at radius 3 is 2.64 bits per heavy atom. The number of piperidine rings is 1. The molecular formula is C23H28N3O2+. The van der Waals surface area contributed by atoms with E-state index in [0.717, 1.165) is 55.3 Å². The number of aromatic amines is 1. The van der Waals surface area contributed by atoms with Crippen molar-refractivity contribution in [1.29, 1.82) is 0 Å². The van der Waals surface area contributed by atoms with Gasteiger partial charge in [0.25, 0.3) is 0 Å². The minimum Gasteiger partial charge on any atom is -0.486 e. The molecule has 28 heavy (non-hydrogen) atoms. The molecule has 2 aromatic carbocycles. The molecule has 0 bridgehead atoms. The van der Waals surface area contributed by atoms with Crippen molar-refractivity contribution in [2.45, 2.75) is 38.7 Å². The number of nitrogens with zero attached hydrogens (tertiary/aromatic N) is 1. The lowest BCUT2D eigenvalue weighted by atomic mass is 9.96. The van der Waals surface area contributed by atoms with Crippen LogP contribution in [-0.2, 0) is 0 Å². The van der Waals surface area contributed by atoms with E-state index in [9.17, 15) is 0 Å². The fraction of sp³-hybridized carbons (Fsp3) is 0.435. The van der Waals surface area contributed by atoms with Gasteiger partial charge in [-0.1, -0.05) is 12.1 Å². The Bertz CT molecular complexity index is 950. The maximum Gasteiger partial charge on any atom is 0.181 e. The third-order valence-corrected chi connectivity index (χ3v) is 6.28. The van der Waals surface area contributed by atoms with Gasteiger partial charge in [0, 0.05) is 18.8 Å². The number of ether oxygens (including phenoxy) is 2. The SMILES string of the molecule is Cc1cc2nc(C3CC[NH+](C[C@H]4COc5ccccc5O4)CC3)[nH]c2cc1C. The van der Waals surface area contributed by atoms with Crippen LogP contribution in [0.2, 0.25) is 0 Å². The number of imidazole rings is 1. The van der Waals surface area contributed by atoms with Gasteiger partial charge in [0.2, 0.25) is 0 Å². The monoisotopic (exact) mass is 378 g/mol. The molecule has 3 aromatic rings. The predicted octanol–water partition coefficient (Wildman–Crippen LogP) is 2.78. The van der Waals surface area contributed by atoms with E-state index in [4.69, 9.17) is 14.5 Å². The van der Waals surface area contributed by atoms with Crippen molar-refractivity contribution in [3.63, 3.8) is 0 Å². The quantitative estimate of drug-likeness (QED) is 0.737. The first kappa shape index (κ1) is 17.6. The molecule has 0 radical (unpaired) electrons. The summed E-state index contributed by atoms with van der Waals surface area (Å²) in [7, 11) is 0. The molecule has 3 heterocycles. The molecule has 0 unspecified atom stereocenters. The van der Waals surface area contributed by atoms with Crippen LogP contribution < -0.4 is 14.4 Å². The maximum atomic E-state index is 6.14. The van der Waals surface area contributed by atoms with Crippen molar-refractivity contribution in [2.75, 3.05) is 26.2 Å². The zero-order valence-electron chi connectivity index (χ0n) is 16.6. The van der Waals surface area contributed by atoms with Crippen LogP contribution in [0.15, 0.2) is 36.4 Å². The molecule has 0 saturated carbocycles. The number of quaternary nitrogens is 1. The Morgan fingerprint density at radius 1 is 1.07 bits per heavy atom. The highest BCUT2D eigenvalue weighted by Crippen LogP contribution is 2.30. The lowest BCUT2D eigenvalue weighted by Crippen LogP contribution is -3.14. The smallest absolute Gasteiger partial charge is 0.181 e. The summed E-state index contributed by atoms with van der Waals surface area (Å²) in [5.74, 6) is 3.43. The number of hydrogen-bond acceptors (Lipinski definition) is 3. The Labute approximate surface area is 165 Å². The van der Waals surface area contributed by atoms with Crippen LogP contribution in [0.25, 0.3) is 11.0 Å². The summed E-state index contributed by atoms with van der Waals surface area (Å²) in [6.07, 6.45) is 2.47. The van der Waals surface area contributed by atoms with Gasteiger partial charge in [-0.05, 0) is 49.2 Å². The highest BCUT2D eigenvalue weighted by Gasteiger charge is 2.30. The van der Waals surface area contributed by atoms with Gasteiger partial charge in [-0.2, -0.15) is 0 Å². The molecule has 0 amide bonds. The number of aryl methyl sites for hydroxylation is 2. The highest BCUT2D eigenvalue weighted by molar-refractivity contribution is 5.77. The number of nitrogens with one attached hydrogen (secondary N) is 2. The third kappa shape index (κ3) is 3.35. The summed E-state index contributed by atoms with van der Waals surface area (Å²) >= 11 is 0. The topological polar surface area (TPSA) is 51.6 Å². The predicted molar refractivity (Wildman–Crippen MR) is 109 cm³/mol. The van der Waals surface area contributed by atoms with Crippen molar-refractivity contribution in [2.24, 2.45) is 0 Å². The van der Waals surface area contributed by atoms with Gasteiger partial charge < -0.3 is 19.4 Å². The van der Waals surface area contributed by atoms with Crippen LogP contribution in [0, 0.1) is 13.8 Å². The van der Waals surface area contributed by atoms with Gasteiger partial charge in [0.15, 0.2) is 17.6 Å². The van der Waals surface area contributed by atoms with Crippen LogP contribution in [0.1, 0.15) is 35.7 Å². The van der Waals surface area contributed by atoms with E-state index in [1.807, 2.05) is 24.3 Å². The summed E-state index contributed by atoms with van der Waals surface area (Å²) in [4.78, 5) is 10.1. The summed E-state index contributed by atoms with van der Waals surface area (Å²) in [6, 6.07) is 12.4. The Balaban J connectivity index is 1.20. The zero-order valence-corrected chi connectivity index (χ0v) is 16.6. The molecular weight excluding hydrogens is 350 g/mol. The lowest BCUT2D eigenvalue weighted by molar-refractivity contribution is -0.908. The van der Waals surface area contributed by atoms with Gasteiger partial charge in [-0.15, -0.1) is 0 Å². The van der Waals surface area contributed by atoms with Gasteiger partial charge in [-0.3, -0.25) is 0 Å². The molecule has 1 saturated heterocycles. The van der Waals surface area contributed by atoms with E-state index in [2.05, 4.69) is 31.0 Å². The first-order valence-corrected chi connectivity index (χ1v) is 10.3. The minimum atomic E-state index is 0.138. The van der Waals surface area contributed by atoms with Gasteiger partial charge in [0.1, 0.15) is 19.0 Å². The number of H-pyrrole nitrogens is 1. The Hall–Kier alpha value is -2.53. The van der Waals surface area contributed by atoms with E-state index in [-0.39, 0.29) is 6.10 Å². The van der Waals surface area contributed by atoms with Crippen molar-refractivity contribution in [1.82, 2.24) is 9.97 Å². The molecule has 146 valence electrons. The summed E-state index contributed by atoms with van der Waals surface area (Å²) < 4.78 is 12.0. The third-order valence-electron chi connectivity index (χ3n) is 6.28. The second kappa shape index (κ2) is 7.13. The number of hydrogen-bond donors (Lipinski definition) is 2. The van der Waals surface area contributed by atoms with E-state index in [1.54, 1.807) is 4.90 Å². The number of likely N-dealkylation sites (tertiary alicyclic amines) is 1. The molecule has 5 heteroatoms. The first-order chi connectivity index (χ1) is 13.7. The minimum absolute atomic E-state index is 0.138. The molecule has 0 aliphatic carbocycles. The van der Waals surface area contributed by atoms with Crippen molar-refractivity contribution in [3.8, 4) is 11.5 Å². The fourth-order valence-corrected chi connectivity index (χ4v) is 4.47. The van der Waals surface area contributed by atoms with Gasteiger partial charge >= 0.3 is 0 Å². The second-order valence-corrected chi connectivity index (χ2v) is 8.30. The molecule has 1 aromatic heterocycles. The molecule has 0 spiro atoms. The summed E-state index contributed by atoms with van der Waals surface area (Å²) in [5.41, 5.74) is 4.89. The highest BCUT2D eigenvalue weighted by atomic mass is 16.6. The lowest BCUT2D eigenvalue weighted by Gasteiger charge is -2.32. The normalized spacial score (nSPS) is 24.4. The van der Waals surface area contributed by atoms with Crippen LogP contribution in [0.3, 0.4) is 0 Å². The number of aromatic nitrogens is 2. The number of rotatable bonds is 3. The largest absolute Gasteiger partial charge is 0.486 e. The second-order valence-electron chi connectivity index (χ2n) is 8.30. The zero-order chi connectivity index (χ0) is 19.1. The van der Waals surface area contributed by atoms with Crippen LogP contribution >= 0.6 is 0 Å². The maximum absolute atomic E-state index is 6.14. The van der Waals surface area contributed by atoms with E-state index in [1.165, 1.54) is 16.6 Å². The average molecular weight is 378 g/mol. The molecule has 1 fully saturated rings. The molecule has 5 rings (SSSR count). The fourth-order valence-electron chi connectivity index (χ4n) is 4.47. The number of fused-ring (bicyclic) bond motifs is 2. The number of para-hydroxylation sites is 2. The molecule has 2 N–H and O–H groups in total. The molecule has 2 aliphatic rings. The Kier molecular flexibility index (Phi) is 4.47. The van der Waals surface area contributed by atoms with Crippen molar-refractivity contribution in [3.05, 3.63) is 53.3 Å². The van der Waals surface area contributed by atoms with Crippen LogP contribution in [0.5, 0.6) is 11.5 Å². The number of benzene rings is 2. The van der Waals surface area contributed by atoms with Crippen LogP contribution in [-0.4, -0.2) is 42.3 Å². The van der Waals surface area contributed by atoms with E-state index in [0.29, 0.717) is 12.5 Å². The molecule has 1 atom stereocenters.